The van der Waals surface area contributed by atoms with Crippen LogP contribution < -0.4 is 10.1 Å². The number of pyridine rings is 1. The number of hydrogen-bond acceptors (Lipinski definition) is 4. The number of aromatic nitrogens is 1. The maximum atomic E-state index is 12.8. The molecule has 0 fully saturated rings. The molecule has 5 heteroatoms. The van der Waals surface area contributed by atoms with E-state index in [-0.39, 0.29) is 5.91 Å². The monoisotopic (exact) mass is 322 g/mol. The molecular formula is C19H18N2O3. The first-order valence-electron chi connectivity index (χ1n) is 7.63. The van der Waals surface area contributed by atoms with Gasteiger partial charge in [-0.3, -0.25) is 9.78 Å². The van der Waals surface area contributed by atoms with Gasteiger partial charge < -0.3 is 14.5 Å². The minimum Gasteiger partial charge on any atom is -0.497 e. The Bertz CT molecular complexity index is 768. The number of rotatable bonds is 6. The lowest BCUT2D eigenvalue weighted by atomic mass is 9.94. The average molecular weight is 322 g/mol. The highest BCUT2D eigenvalue weighted by Crippen LogP contribution is 2.25. The summed E-state index contributed by atoms with van der Waals surface area (Å²) in [6, 6.07) is 16.6. The molecule has 0 saturated carbocycles. The van der Waals surface area contributed by atoms with Gasteiger partial charge >= 0.3 is 0 Å². The first-order chi connectivity index (χ1) is 11.8. The van der Waals surface area contributed by atoms with E-state index in [0.717, 1.165) is 11.3 Å². The molecule has 1 amide bonds. The summed E-state index contributed by atoms with van der Waals surface area (Å²) in [4.78, 5) is 17.1. The summed E-state index contributed by atoms with van der Waals surface area (Å²) in [5.41, 5.74) is 1.55. The summed E-state index contributed by atoms with van der Waals surface area (Å²) in [6.07, 6.45) is 3.27. The number of benzene rings is 1. The fourth-order valence-electron chi connectivity index (χ4n) is 2.49. The molecule has 0 saturated heterocycles. The molecule has 0 aliphatic carbocycles. The van der Waals surface area contributed by atoms with E-state index >= 15 is 0 Å². The van der Waals surface area contributed by atoms with E-state index in [1.54, 1.807) is 25.6 Å². The van der Waals surface area contributed by atoms with Gasteiger partial charge in [0.2, 0.25) is 5.91 Å². The molecule has 3 rings (SSSR count). The number of ether oxygens (including phenoxy) is 1. The smallest absolute Gasteiger partial charge is 0.233 e. The zero-order chi connectivity index (χ0) is 16.8. The van der Waals surface area contributed by atoms with Crippen molar-refractivity contribution in [2.45, 2.75) is 12.5 Å². The third kappa shape index (κ3) is 3.63. The normalized spacial score (nSPS) is 11.7. The molecule has 1 aromatic carbocycles. The molecule has 5 nitrogen and oxygen atoms in total. The van der Waals surface area contributed by atoms with Crippen LogP contribution in [0.4, 0.5) is 0 Å². The van der Waals surface area contributed by atoms with Crippen molar-refractivity contribution in [3.05, 3.63) is 84.1 Å². The molecule has 0 aliphatic rings. The minimum absolute atomic E-state index is 0.129. The third-order valence-electron chi connectivity index (χ3n) is 3.71. The van der Waals surface area contributed by atoms with Crippen LogP contribution in [0.15, 0.2) is 71.5 Å². The van der Waals surface area contributed by atoms with Crippen molar-refractivity contribution in [3.8, 4) is 5.75 Å². The lowest BCUT2D eigenvalue weighted by Gasteiger charge is -2.17. The summed E-state index contributed by atoms with van der Waals surface area (Å²) in [6.45, 7) is 0.339. The van der Waals surface area contributed by atoms with Crippen LogP contribution in [0, 0.1) is 0 Å². The number of carbonyl (C=O) groups excluding carboxylic acids is 1. The van der Waals surface area contributed by atoms with E-state index in [9.17, 15) is 4.79 Å². The Balaban J connectivity index is 1.85. The molecule has 122 valence electrons. The van der Waals surface area contributed by atoms with E-state index in [1.165, 1.54) is 0 Å². The van der Waals surface area contributed by atoms with E-state index in [0.29, 0.717) is 18.0 Å². The van der Waals surface area contributed by atoms with Crippen LogP contribution in [-0.4, -0.2) is 18.0 Å². The largest absolute Gasteiger partial charge is 0.497 e. The maximum Gasteiger partial charge on any atom is 0.233 e. The maximum absolute atomic E-state index is 12.8. The quantitative estimate of drug-likeness (QED) is 0.757. The topological polar surface area (TPSA) is 64.4 Å². The number of hydrogen-bond donors (Lipinski definition) is 1. The van der Waals surface area contributed by atoms with E-state index in [2.05, 4.69) is 10.3 Å². The lowest BCUT2D eigenvalue weighted by Crippen LogP contribution is -2.30. The Hall–Kier alpha value is -3.08. The molecule has 1 atom stereocenters. The number of nitrogens with zero attached hydrogens (tertiary/aromatic N) is 1. The van der Waals surface area contributed by atoms with Gasteiger partial charge in [-0.1, -0.05) is 18.2 Å². The fraction of sp³-hybridized carbons (Fsp3) is 0.158. The number of amides is 1. The van der Waals surface area contributed by atoms with Crippen LogP contribution in [0.2, 0.25) is 0 Å². The Labute approximate surface area is 140 Å². The highest BCUT2D eigenvalue weighted by Gasteiger charge is 2.24. The predicted octanol–water partition coefficient (Wildman–Crippen LogP) is 3.13. The van der Waals surface area contributed by atoms with Crippen molar-refractivity contribution < 1.29 is 13.9 Å². The SMILES string of the molecule is COc1ccc(C(C(=O)NCc2ccco2)c2ccccn2)cc1. The van der Waals surface area contributed by atoms with Crippen LogP contribution >= 0.6 is 0 Å². The number of furan rings is 1. The van der Waals surface area contributed by atoms with Crippen molar-refractivity contribution >= 4 is 5.91 Å². The molecule has 24 heavy (non-hydrogen) atoms. The molecule has 0 spiro atoms. The van der Waals surface area contributed by atoms with Crippen molar-refractivity contribution in [1.82, 2.24) is 10.3 Å². The highest BCUT2D eigenvalue weighted by atomic mass is 16.5. The molecule has 2 heterocycles. The first kappa shape index (κ1) is 15.8. The van der Waals surface area contributed by atoms with Crippen LogP contribution in [-0.2, 0) is 11.3 Å². The second-order valence-corrected chi connectivity index (χ2v) is 5.26. The summed E-state index contributed by atoms with van der Waals surface area (Å²) < 4.78 is 10.4. The second-order valence-electron chi connectivity index (χ2n) is 5.26. The van der Waals surface area contributed by atoms with Gasteiger partial charge in [0.05, 0.1) is 25.6 Å². The van der Waals surface area contributed by atoms with Crippen LogP contribution in [0.1, 0.15) is 22.9 Å². The molecule has 3 aromatic rings. The van der Waals surface area contributed by atoms with Gasteiger partial charge in [0.1, 0.15) is 17.4 Å². The van der Waals surface area contributed by atoms with Crippen molar-refractivity contribution in [3.63, 3.8) is 0 Å². The van der Waals surface area contributed by atoms with Crippen LogP contribution in [0.25, 0.3) is 0 Å². The van der Waals surface area contributed by atoms with Crippen LogP contribution in [0.3, 0.4) is 0 Å². The molecule has 1 unspecified atom stereocenters. The molecule has 0 aliphatic heterocycles. The highest BCUT2D eigenvalue weighted by molar-refractivity contribution is 5.86. The summed E-state index contributed by atoms with van der Waals surface area (Å²) in [5, 5.41) is 2.91. The van der Waals surface area contributed by atoms with Crippen LogP contribution in [0.5, 0.6) is 5.75 Å². The Morgan fingerprint density at radius 1 is 1.17 bits per heavy atom. The summed E-state index contributed by atoms with van der Waals surface area (Å²) in [5.74, 6) is 0.828. The summed E-state index contributed by atoms with van der Waals surface area (Å²) in [7, 11) is 1.61. The molecular weight excluding hydrogens is 304 g/mol. The third-order valence-corrected chi connectivity index (χ3v) is 3.71. The van der Waals surface area contributed by atoms with E-state index in [4.69, 9.17) is 9.15 Å². The van der Waals surface area contributed by atoms with Gasteiger partial charge in [0.25, 0.3) is 0 Å². The van der Waals surface area contributed by atoms with Gasteiger partial charge in [-0.05, 0) is 42.0 Å². The number of nitrogens with one attached hydrogen (secondary N) is 1. The van der Waals surface area contributed by atoms with Crippen molar-refractivity contribution in [2.75, 3.05) is 7.11 Å². The second kappa shape index (κ2) is 7.46. The Kier molecular flexibility index (Phi) is 4.91. The standard InChI is InChI=1S/C19H18N2O3/c1-23-15-9-7-14(8-10-15)18(17-6-2-3-11-20-17)19(22)21-13-16-5-4-12-24-16/h2-12,18H,13H2,1H3,(H,21,22). The van der Waals surface area contributed by atoms with Gasteiger partial charge in [-0.2, -0.15) is 0 Å². The number of carbonyl (C=O) groups is 1. The van der Waals surface area contributed by atoms with E-state index in [1.807, 2.05) is 48.5 Å². The average Bonchev–Trinajstić information content (AvgIpc) is 3.15. The van der Waals surface area contributed by atoms with Crippen molar-refractivity contribution in [1.29, 1.82) is 0 Å². The van der Waals surface area contributed by atoms with Gasteiger partial charge in [0, 0.05) is 6.20 Å². The first-order valence-corrected chi connectivity index (χ1v) is 7.63. The predicted molar refractivity (Wildman–Crippen MR) is 89.6 cm³/mol. The van der Waals surface area contributed by atoms with Gasteiger partial charge in [-0.15, -0.1) is 0 Å². The Morgan fingerprint density at radius 3 is 2.62 bits per heavy atom. The summed E-state index contributed by atoms with van der Waals surface area (Å²) >= 11 is 0. The van der Waals surface area contributed by atoms with E-state index < -0.39 is 5.92 Å². The number of methoxy groups -OCH3 is 1. The molecule has 0 radical (unpaired) electrons. The van der Waals surface area contributed by atoms with Crippen molar-refractivity contribution in [2.24, 2.45) is 0 Å². The molecule has 2 aromatic heterocycles. The zero-order valence-electron chi connectivity index (χ0n) is 13.3. The van der Waals surface area contributed by atoms with Gasteiger partial charge in [0.15, 0.2) is 0 Å². The zero-order valence-corrected chi connectivity index (χ0v) is 13.3. The fourth-order valence-corrected chi connectivity index (χ4v) is 2.49. The minimum atomic E-state index is -0.493. The molecule has 0 bridgehead atoms. The molecule has 1 N–H and O–H groups in total. The lowest BCUT2D eigenvalue weighted by molar-refractivity contribution is -0.122. The Morgan fingerprint density at radius 2 is 2.00 bits per heavy atom. The van der Waals surface area contributed by atoms with Gasteiger partial charge in [-0.25, -0.2) is 0 Å².